The van der Waals surface area contributed by atoms with Gasteiger partial charge < -0.3 is 9.84 Å². The van der Waals surface area contributed by atoms with Gasteiger partial charge in [-0.3, -0.25) is 0 Å². The molecule has 1 aromatic rings. The molecule has 0 fully saturated rings. The van der Waals surface area contributed by atoms with E-state index in [9.17, 15) is 5.11 Å². The summed E-state index contributed by atoms with van der Waals surface area (Å²) in [4.78, 5) is 0. The molecule has 1 N–H and O–H groups in total. The first-order chi connectivity index (χ1) is 7.62. The Kier molecular flexibility index (Phi) is 3.01. The molecule has 1 atom stereocenters. The van der Waals surface area contributed by atoms with Crippen LogP contribution in [0.2, 0.25) is 0 Å². The van der Waals surface area contributed by atoms with Crippen molar-refractivity contribution in [1.82, 2.24) is 0 Å². The summed E-state index contributed by atoms with van der Waals surface area (Å²) in [6, 6.07) is 7.94. The van der Waals surface area contributed by atoms with E-state index in [0.717, 1.165) is 36.1 Å². The lowest BCUT2D eigenvalue weighted by atomic mass is 9.83. The van der Waals surface area contributed by atoms with Crippen molar-refractivity contribution in [3.05, 3.63) is 47.2 Å². The highest BCUT2D eigenvalue weighted by molar-refractivity contribution is 5.37. The van der Waals surface area contributed by atoms with Crippen LogP contribution in [-0.4, -0.2) is 11.7 Å². The van der Waals surface area contributed by atoms with E-state index in [0.29, 0.717) is 0 Å². The van der Waals surface area contributed by atoms with Crippen molar-refractivity contribution < 1.29 is 9.84 Å². The van der Waals surface area contributed by atoms with Crippen LogP contribution in [-0.2, 0) is 10.3 Å². The summed E-state index contributed by atoms with van der Waals surface area (Å²) in [5.74, 6) is 0. The van der Waals surface area contributed by atoms with Gasteiger partial charge in [-0.25, -0.2) is 0 Å². The van der Waals surface area contributed by atoms with E-state index in [1.165, 1.54) is 0 Å². The van der Waals surface area contributed by atoms with Crippen LogP contribution in [0, 0.1) is 6.92 Å². The molecule has 0 saturated heterocycles. The standard InChI is InChI=1S/C14H18O2/c1-11-6-3-4-8-13(11)14(2,15)12-7-5-9-16-10-12/h3-4,6,8,10,15H,5,7,9H2,1-2H3. The Labute approximate surface area is 96.6 Å². The van der Waals surface area contributed by atoms with Gasteiger partial charge in [-0.05, 0) is 37.8 Å². The van der Waals surface area contributed by atoms with Crippen LogP contribution in [0.25, 0.3) is 0 Å². The maximum atomic E-state index is 10.6. The molecule has 0 aliphatic carbocycles. The van der Waals surface area contributed by atoms with Gasteiger partial charge in [0.1, 0.15) is 5.60 Å². The van der Waals surface area contributed by atoms with Gasteiger partial charge in [0, 0.05) is 5.57 Å². The Morgan fingerprint density at radius 2 is 2.06 bits per heavy atom. The molecule has 0 saturated carbocycles. The molecule has 86 valence electrons. The lowest BCUT2D eigenvalue weighted by Crippen LogP contribution is -2.27. The van der Waals surface area contributed by atoms with Crippen LogP contribution in [0.1, 0.15) is 30.9 Å². The number of rotatable bonds is 2. The molecule has 0 bridgehead atoms. The predicted molar refractivity (Wildman–Crippen MR) is 64.0 cm³/mol. The molecule has 1 aromatic carbocycles. The molecule has 0 spiro atoms. The zero-order valence-electron chi connectivity index (χ0n) is 9.86. The third-order valence-electron chi connectivity index (χ3n) is 3.23. The number of benzene rings is 1. The van der Waals surface area contributed by atoms with Gasteiger partial charge in [0.2, 0.25) is 0 Å². The van der Waals surface area contributed by atoms with Gasteiger partial charge in [0.25, 0.3) is 0 Å². The molecular weight excluding hydrogens is 200 g/mol. The number of aliphatic hydroxyl groups is 1. The molecule has 0 amide bonds. The van der Waals surface area contributed by atoms with Crippen LogP contribution >= 0.6 is 0 Å². The minimum Gasteiger partial charge on any atom is -0.501 e. The number of hydrogen-bond acceptors (Lipinski definition) is 2. The van der Waals surface area contributed by atoms with Crippen molar-refractivity contribution in [2.75, 3.05) is 6.61 Å². The van der Waals surface area contributed by atoms with E-state index < -0.39 is 5.60 Å². The van der Waals surface area contributed by atoms with Crippen LogP contribution in [0.4, 0.5) is 0 Å². The highest BCUT2D eigenvalue weighted by Gasteiger charge is 2.30. The van der Waals surface area contributed by atoms with Crippen molar-refractivity contribution in [2.24, 2.45) is 0 Å². The van der Waals surface area contributed by atoms with E-state index in [-0.39, 0.29) is 0 Å². The molecule has 1 aliphatic rings. The average Bonchev–Trinajstić information content (AvgIpc) is 2.30. The SMILES string of the molecule is Cc1ccccc1C(C)(O)C1=COCCC1. The summed E-state index contributed by atoms with van der Waals surface area (Å²) < 4.78 is 5.31. The fourth-order valence-corrected chi connectivity index (χ4v) is 2.21. The van der Waals surface area contributed by atoms with Crippen molar-refractivity contribution in [2.45, 2.75) is 32.3 Å². The number of aryl methyl sites for hydroxylation is 1. The Balaban J connectivity index is 2.38. The summed E-state index contributed by atoms with van der Waals surface area (Å²) in [6.07, 6.45) is 3.60. The van der Waals surface area contributed by atoms with Crippen LogP contribution in [0.15, 0.2) is 36.1 Å². The van der Waals surface area contributed by atoms with Crippen LogP contribution < -0.4 is 0 Å². The van der Waals surface area contributed by atoms with E-state index in [2.05, 4.69) is 0 Å². The largest absolute Gasteiger partial charge is 0.501 e. The van der Waals surface area contributed by atoms with E-state index in [1.54, 1.807) is 6.26 Å². The van der Waals surface area contributed by atoms with Crippen LogP contribution in [0.5, 0.6) is 0 Å². The first-order valence-electron chi connectivity index (χ1n) is 5.72. The van der Waals surface area contributed by atoms with Gasteiger partial charge in [-0.2, -0.15) is 0 Å². The Bertz CT molecular complexity index is 405. The summed E-state index contributed by atoms with van der Waals surface area (Å²) in [7, 11) is 0. The average molecular weight is 218 g/mol. The summed E-state index contributed by atoms with van der Waals surface area (Å²) in [5.41, 5.74) is 2.13. The summed E-state index contributed by atoms with van der Waals surface area (Å²) in [5, 5.41) is 10.6. The summed E-state index contributed by atoms with van der Waals surface area (Å²) >= 11 is 0. The normalized spacial score (nSPS) is 19.6. The first-order valence-corrected chi connectivity index (χ1v) is 5.72. The van der Waals surface area contributed by atoms with Gasteiger partial charge in [0.05, 0.1) is 12.9 Å². The minimum atomic E-state index is -0.911. The Morgan fingerprint density at radius 3 is 2.69 bits per heavy atom. The van der Waals surface area contributed by atoms with Crippen molar-refractivity contribution >= 4 is 0 Å². The highest BCUT2D eigenvalue weighted by atomic mass is 16.5. The second-order valence-corrected chi connectivity index (χ2v) is 4.50. The van der Waals surface area contributed by atoms with E-state index >= 15 is 0 Å². The predicted octanol–water partition coefficient (Wildman–Crippen LogP) is 2.90. The van der Waals surface area contributed by atoms with Crippen molar-refractivity contribution in [1.29, 1.82) is 0 Å². The second-order valence-electron chi connectivity index (χ2n) is 4.50. The van der Waals surface area contributed by atoms with Crippen molar-refractivity contribution in [3.63, 3.8) is 0 Å². The molecule has 1 aliphatic heterocycles. The molecule has 0 aromatic heterocycles. The van der Waals surface area contributed by atoms with Crippen LogP contribution in [0.3, 0.4) is 0 Å². The quantitative estimate of drug-likeness (QED) is 0.827. The Hall–Kier alpha value is -1.28. The minimum absolute atomic E-state index is 0.757. The lowest BCUT2D eigenvalue weighted by Gasteiger charge is -2.30. The molecule has 0 radical (unpaired) electrons. The molecule has 2 rings (SSSR count). The molecule has 1 unspecified atom stereocenters. The summed E-state index contributed by atoms with van der Waals surface area (Å²) in [6.45, 7) is 4.62. The van der Waals surface area contributed by atoms with Gasteiger partial charge in [0.15, 0.2) is 0 Å². The zero-order valence-corrected chi connectivity index (χ0v) is 9.86. The second kappa shape index (κ2) is 4.30. The molecule has 1 heterocycles. The molecular formula is C14H18O2. The third kappa shape index (κ3) is 1.98. The fraction of sp³-hybridized carbons (Fsp3) is 0.429. The highest BCUT2D eigenvalue weighted by Crippen LogP contribution is 2.34. The smallest absolute Gasteiger partial charge is 0.111 e. The Morgan fingerprint density at radius 1 is 1.31 bits per heavy atom. The first kappa shape index (κ1) is 11.2. The number of ether oxygens (including phenoxy) is 1. The number of hydrogen-bond donors (Lipinski definition) is 1. The van der Waals surface area contributed by atoms with Gasteiger partial charge in [-0.1, -0.05) is 24.3 Å². The van der Waals surface area contributed by atoms with E-state index in [4.69, 9.17) is 4.74 Å². The van der Waals surface area contributed by atoms with E-state index in [1.807, 2.05) is 38.1 Å². The van der Waals surface area contributed by atoms with Gasteiger partial charge >= 0.3 is 0 Å². The topological polar surface area (TPSA) is 29.5 Å². The zero-order chi connectivity index (χ0) is 11.6. The molecule has 2 heteroatoms. The monoisotopic (exact) mass is 218 g/mol. The maximum Gasteiger partial charge on any atom is 0.111 e. The fourth-order valence-electron chi connectivity index (χ4n) is 2.21. The third-order valence-corrected chi connectivity index (χ3v) is 3.23. The molecule has 2 nitrogen and oxygen atoms in total. The lowest BCUT2D eigenvalue weighted by molar-refractivity contribution is 0.0780. The maximum absolute atomic E-state index is 10.6. The van der Waals surface area contributed by atoms with Crippen molar-refractivity contribution in [3.8, 4) is 0 Å². The molecule has 16 heavy (non-hydrogen) atoms. The van der Waals surface area contributed by atoms with Gasteiger partial charge in [-0.15, -0.1) is 0 Å².